The lowest BCUT2D eigenvalue weighted by Crippen LogP contribution is -2.45. The summed E-state index contributed by atoms with van der Waals surface area (Å²) < 4.78 is 5.30. The van der Waals surface area contributed by atoms with E-state index in [0.29, 0.717) is 25.7 Å². The van der Waals surface area contributed by atoms with Crippen molar-refractivity contribution in [2.24, 2.45) is 5.92 Å². The Morgan fingerprint density at radius 1 is 1.29 bits per heavy atom. The van der Waals surface area contributed by atoms with E-state index < -0.39 is 0 Å². The van der Waals surface area contributed by atoms with Gasteiger partial charge in [0.05, 0.1) is 6.61 Å². The first kappa shape index (κ1) is 18.5. The number of amides is 1. The summed E-state index contributed by atoms with van der Waals surface area (Å²) in [6.07, 6.45) is 8.17. The zero-order valence-electron chi connectivity index (χ0n) is 12.9. The maximum absolute atomic E-state index is 12.0. The third kappa shape index (κ3) is 7.30. The molecule has 21 heavy (non-hydrogen) atoms. The zero-order valence-corrected chi connectivity index (χ0v) is 13.7. The number of carbonyl (C=O) groups excluding carboxylic acids is 1. The second-order valence-electron chi connectivity index (χ2n) is 5.97. The predicted octanol–water partition coefficient (Wildman–Crippen LogP) is 2.38. The van der Waals surface area contributed by atoms with Gasteiger partial charge in [-0.25, -0.2) is 0 Å². The Labute approximate surface area is 134 Å². The number of hydrogen-bond acceptors (Lipinski definition) is 3. The SMILES string of the molecule is C=CCOCCCC(=O)N1CCC(NCC2CC2)CC1.Cl. The van der Waals surface area contributed by atoms with Gasteiger partial charge < -0.3 is 15.0 Å². The molecule has 1 amide bonds. The Balaban J connectivity index is 0.00000220. The molecule has 0 aromatic rings. The molecule has 1 saturated carbocycles. The molecule has 0 unspecified atom stereocenters. The van der Waals surface area contributed by atoms with Crippen molar-refractivity contribution in [3.05, 3.63) is 12.7 Å². The van der Waals surface area contributed by atoms with Crippen molar-refractivity contribution in [1.82, 2.24) is 10.2 Å². The third-order valence-electron chi connectivity index (χ3n) is 4.15. The van der Waals surface area contributed by atoms with Gasteiger partial charge in [-0.2, -0.15) is 0 Å². The summed E-state index contributed by atoms with van der Waals surface area (Å²) in [4.78, 5) is 14.1. The summed E-state index contributed by atoms with van der Waals surface area (Å²) >= 11 is 0. The highest BCUT2D eigenvalue weighted by Crippen LogP contribution is 2.28. The highest BCUT2D eigenvalue weighted by atomic mass is 35.5. The topological polar surface area (TPSA) is 41.6 Å². The number of carbonyl (C=O) groups is 1. The van der Waals surface area contributed by atoms with E-state index in [1.54, 1.807) is 6.08 Å². The molecule has 0 radical (unpaired) electrons. The first-order valence-corrected chi connectivity index (χ1v) is 7.99. The van der Waals surface area contributed by atoms with Crippen molar-refractivity contribution in [1.29, 1.82) is 0 Å². The lowest BCUT2D eigenvalue weighted by atomic mass is 10.0. The number of rotatable bonds is 9. The molecule has 1 aliphatic carbocycles. The highest BCUT2D eigenvalue weighted by Gasteiger charge is 2.25. The second kappa shape index (κ2) is 10.2. The molecule has 122 valence electrons. The Hall–Kier alpha value is -0.580. The lowest BCUT2D eigenvalue weighted by Gasteiger charge is -2.32. The first-order valence-electron chi connectivity index (χ1n) is 7.99. The Morgan fingerprint density at radius 3 is 2.62 bits per heavy atom. The van der Waals surface area contributed by atoms with Crippen molar-refractivity contribution in [2.45, 2.75) is 44.6 Å². The predicted molar refractivity (Wildman–Crippen MR) is 87.8 cm³/mol. The van der Waals surface area contributed by atoms with Crippen LogP contribution in [0.5, 0.6) is 0 Å². The van der Waals surface area contributed by atoms with Gasteiger partial charge in [-0.15, -0.1) is 19.0 Å². The number of ether oxygens (including phenoxy) is 1. The van der Waals surface area contributed by atoms with E-state index in [9.17, 15) is 4.79 Å². The van der Waals surface area contributed by atoms with Crippen LogP contribution in [0.1, 0.15) is 38.5 Å². The zero-order chi connectivity index (χ0) is 14.2. The standard InChI is InChI=1S/C16H28N2O2.ClH/c1-2-11-20-12-3-4-16(19)18-9-7-15(8-10-18)17-13-14-5-6-14;/h2,14-15,17H,1,3-13H2;1H. The third-order valence-corrected chi connectivity index (χ3v) is 4.15. The van der Waals surface area contributed by atoms with E-state index in [1.165, 1.54) is 19.4 Å². The molecule has 1 aliphatic heterocycles. The van der Waals surface area contributed by atoms with Crippen molar-refractivity contribution < 1.29 is 9.53 Å². The molecule has 2 aliphatic rings. The summed E-state index contributed by atoms with van der Waals surface area (Å²) in [5.74, 6) is 1.22. The number of hydrogen-bond donors (Lipinski definition) is 1. The van der Waals surface area contributed by atoms with Gasteiger partial charge >= 0.3 is 0 Å². The molecular formula is C16H29ClN2O2. The van der Waals surface area contributed by atoms with E-state index in [0.717, 1.165) is 38.3 Å². The fourth-order valence-corrected chi connectivity index (χ4v) is 2.64. The Kier molecular flexibility index (Phi) is 8.97. The van der Waals surface area contributed by atoms with E-state index in [4.69, 9.17) is 4.74 Å². The van der Waals surface area contributed by atoms with Gasteiger partial charge in [0.15, 0.2) is 0 Å². The lowest BCUT2D eigenvalue weighted by molar-refractivity contribution is -0.132. The molecule has 4 nitrogen and oxygen atoms in total. The van der Waals surface area contributed by atoms with Gasteiger partial charge in [0.1, 0.15) is 0 Å². The quantitative estimate of drug-likeness (QED) is 0.524. The van der Waals surface area contributed by atoms with Gasteiger partial charge in [-0.1, -0.05) is 6.08 Å². The molecule has 1 heterocycles. The van der Waals surface area contributed by atoms with Gasteiger partial charge in [0.25, 0.3) is 0 Å². The molecule has 0 aromatic heterocycles. The summed E-state index contributed by atoms with van der Waals surface area (Å²) in [6.45, 7) is 7.83. The van der Waals surface area contributed by atoms with Crippen molar-refractivity contribution >= 4 is 18.3 Å². The largest absolute Gasteiger partial charge is 0.377 e. The second-order valence-corrected chi connectivity index (χ2v) is 5.97. The van der Waals surface area contributed by atoms with Crippen LogP contribution >= 0.6 is 12.4 Å². The molecule has 1 saturated heterocycles. The van der Waals surface area contributed by atoms with Crippen LogP contribution in [0, 0.1) is 5.92 Å². The van der Waals surface area contributed by atoms with Gasteiger partial charge in [0, 0.05) is 32.2 Å². The van der Waals surface area contributed by atoms with Crippen molar-refractivity contribution in [2.75, 3.05) is 32.8 Å². The molecule has 0 atom stereocenters. The summed E-state index contributed by atoms with van der Waals surface area (Å²) in [5, 5.41) is 3.64. The van der Waals surface area contributed by atoms with Crippen LogP contribution in [0.4, 0.5) is 0 Å². The van der Waals surface area contributed by atoms with Crippen LogP contribution in [0.25, 0.3) is 0 Å². The smallest absolute Gasteiger partial charge is 0.222 e. The Morgan fingerprint density at radius 2 is 2.00 bits per heavy atom. The molecule has 1 N–H and O–H groups in total. The van der Waals surface area contributed by atoms with E-state index in [1.807, 2.05) is 4.90 Å². The minimum atomic E-state index is 0. The number of nitrogens with zero attached hydrogens (tertiary/aromatic N) is 1. The van der Waals surface area contributed by atoms with Crippen molar-refractivity contribution in [3.63, 3.8) is 0 Å². The fraction of sp³-hybridized carbons (Fsp3) is 0.812. The molecule has 2 rings (SSSR count). The van der Waals surface area contributed by atoms with Crippen LogP contribution < -0.4 is 5.32 Å². The van der Waals surface area contributed by atoms with Crippen LogP contribution in [-0.4, -0.2) is 49.7 Å². The van der Waals surface area contributed by atoms with Crippen LogP contribution in [-0.2, 0) is 9.53 Å². The minimum Gasteiger partial charge on any atom is -0.377 e. The summed E-state index contributed by atoms with van der Waals surface area (Å²) in [5.41, 5.74) is 0. The average Bonchev–Trinajstić information content (AvgIpc) is 3.29. The van der Waals surface area contributed by atoms with Gasteiger partial charge in [0.2, 0.25) is 5.91 Å². The highest BCUT2D eigenvalue weighted by molar-refractivity contribution is 5.85. The maximum atomic E-state index is 12.0. The van der Waals surface area contributed by atoms with Gasteiger partial charge in [-0.3, -0.25) is 4.79 Å². The van der Waals surface area contributed by atoms with Crippen molar-refractivity contribution in [3.8, 4) is 0 Å². The summed E-state index contributed by atoms with van der Waals surface area (Å²) in [6, 6.07) is 0.621. The van der Waals surface area contributed by atoms with Crippen LogP contribution in [0.2, 0.25) is 0 Å². The van der Waals surface area contributed by atoms with Crippen LogP contribution in [0.15, 0.2) is 12.7 Å². The number of piperidine rings is 1. The van der Waals surface area contributed by atoms with E-state index in [-0.39, 0.29) is 18.3 Å². The molecular weight excluding hydrogens is 288 g/mol. The van der Waals surface area contributed by atoms with Gasteiger partial charge in [-0.05, 0) is 44.6 Å². The molecule has 2 fully saturated rings. The maximum Gasteiger partial charge on any atom is 0.222 e. The average molecular weight is 317 g/mol. The number of nitrogens with one attached hydrogen (secondary N) is 1. The number of halogens is 1. The van der Waals surface area contributed by atoms with Crippen LogP contribution in [0.3, 0.4) is 0 Å². The Bertz CT molecular complexity index is 313. The molecule has 5 heteroatoms. The minimum absolute atomic E-state index is 0. The van der Waals surface area contributed by atoms with E-state index >= 15 is 0 Å². The number of likely N-dealkylation sites (tertiary alicyclic amines) is 1. The molecule has 0 bridgehead atoms. The molecule has 0 spiro atoms. The first-order chi connectivity index (χ1) is 9.79. The summed E-state index contributed by atoms with van der Waals surface area (Å²) in [7, 11) is 0. The van der Waals surface area contributed by atoms with E-state index in [2.05, 4.69) is 11.9 Å². The fourth-order valence-electron chi connectivity index (χ4n) is 2.64. The molecule has 0 aromatic carbocycles. The normalized spacial score (nSPS) is 19.1. The monoisotopic (exact) mass is 316 g/mol.